The Morgan fingerprint density at radius 1 is 1.42 bits per heavy atom. The third-order valence-electron chi connectivity index (χ3n) is 2.59. The molecule has 0 unspecified atom stereocenters. The fourth-order valence-corrected chi connectivity index (χ4v) is 3.06. The Balaban J connectivity index is 2.18. The molecular weight excluding hydrogens is 326 g/mol. The molecule has 0 fully saturated rings. The molecule has 0 bridgehead atoms. The smallest absolute Gasteiger partial charge is 0.253 e. The quantitative estimate of drug-likeness (QED) is 0.750. The van der Waals surface area contributed by atoms with Crippen molar-refractivity contribution in [2.45, 2.75) is 6.54 Å². The monoisotopic (exact) mass is 339 g/mol. The van der Waals surface area contributed by atoms with Crippen LogP contribution in [0.5, 0.6) is 0 Å². The standard InChI is InChI=1S/C13H14BrN3OS/c1-16-13(18)11-3-2-9(15)5-12(11)17-6-10-4-8(14)7-19-10/h2-5,7,17H,6,15H2,1H3,(H,16,18). The molecule has 6 heteroatoms. The van der Waals surface area contributed by atoms with Crippen molar-refractivity contribution in [3.8, 4) is 0 Å². The molecule has 0 spiro atoms. The molecule has 0 saturated heterocycles. The highest BCUT2D eigenvalue weighted by atomic mass is 79.9. The number of hydrogen-bond acceptors (Lipinski definition) is 4. The number of carbonyl (C=O) groups excluding carboxylic acids is 1. The highest BCUT2D eigenvalue weighted by Gasteiger charge is 2.10. The Hall–Kier alpha value is -1.53. The second-order valence-electron chi connectivity index (χ2n) is 3.97. The van der Waals surface area contributed by atoms with Crippen LogP contribution in [-0.2, 0) is 6.54 Å². The lowest BCUT2D eigenvalue weighted by Crippen LogP contribution is -2.19. The van der Waals surface area contributed by atoms with Crippen molar-refractivity contribution in [2.24, 2.45) is 0 Å². The number of nitrogen functional groups attached to an aromatic ring is 1. The number of anilines is 2. The molecule has 4 nitrogen and oxygen atoms in total. The van der Waals surface area contributed by atoms with E-state index < -0.39 is 0 Å². The Morgan fingerprint density at radius 3 is 2.84 bits per heavy atom. The van der Waals surface area contributed by atoms with Crippen LogP contribution in [0.2, 0.25) is 0 Å². The second-order valence-corrected chi connectivity index (χ2v) is 5.88. The Bertz CT molecular complexity index is 597. The van der Waals surface area contributed by atoms with Crippen LogP contribution in [0.4, 0.5) is 11.4 Å². The maximum atomic E-state index is 11.8. The van der Waals surface area contributed by atoms with E-state index in [9.17, 15) is 4.79 Å². The largest absolute Gasteiger partial charge is 0.399 e. The van der Waals surface area contributed by atoms with E-state index in [0.717, 1.165) is 10.2 Å². The van der Waals surface area contributed by atoms with Crippen LogP contribution in [-0.4, -0.2) is 13.0 Å². The molecule has 2 aromatic rings. The zero-order chi connectivity index (χ0) is 13.8. The zero-order valence-electron chi connectivity index (χ0n) is 10.4. The predicted molar refractivity (Wildman–Crippen MR) is 83.6 cm³/mol. The maximum absolute atomic E-state index is 11.8. The van der Waals surface area contributed by atoms with Crippen LogP contribution < -0.4 is 16.4 Å². The van der Waals surface area contributed by atoms with Gasteiger partial charge in [-0.25, -0.2) is 0 Å². The van der Waals surface area contributed by atoms with Crippen LogP contribution in [0, 0.1) is 0 Å². The Labute approximate surface area is 124 Å². The number of halogens is 1. The molecule has 0 aliphatic rings. The van der Waals surface area contributed by atoms with Crippen molar-refractivity contribution in [1.29, 1.82) is 0 Å². The number of nitrogens with one attached hydrogen (secondary N) is 2. The number of hydrogen-bond donors (Lipinski definition) is 3. The van der Waals surface area contributed by atoms with Gasteiger partial charge in [0.05, 0.1) is 5.56 Å². The first-order valence-corrected chi connectivity index (χ1v) is 7.36. The van der Waals surface area contributed by atoms with E-state index in [-0.39, 0.29) is 5.91 Å². The first-order chi connectivity index (χ1) is 9.10. The predicted octanol–water partition coefficient (Wildman–Crippen LogP) is 3.06. The van der Waals surface area contributed by atoms with Crippen molar-refractivity contribution in [2.75, 3.05) is 18.1 Å². The number of amides is 1. The molecule has 0 radical (unpaired) electrons. The van der Waals surface area contributed by atoms with E-state index in [1.54, 1.807) is 36.6 Å². The molecule has 0 aliphatic heterocycles. The summed E-state index contributed by atoms with van der Waals surface area (Å²) in [5.41, 5.74) is 7.72. The van der Waals surface area contributed by atoms with E-state index in [1.807, 2.05) is 11.4 Å². The minimum atomic E-state index is -0.130. The fourth-order valence-electron chi connectivity index (χ4n) is 1.67. The van der Waals surface area contributed by atoms with Gasteiger partial charge in [-0.2, -0.15) is 0 Å². The van der Waals surface area contributed by atoms with E-state index in [1.165, 1.54) is 4.88 Å². The van der Waals surface area contributed by atoms with E-state index in [0.29, 0.717) is 17.8 Å². The number of carbonyl (C=O) groups is 1. The lowest BCUT2D eigenvalue weighted by atomic mass is 10.1. The number of nitrogens with two attached hydrogens (primary N) is 1. The Kier molecular flexibility index (Phi) is 4.44. The molecule has 0 saturated carbocycles. The molecule has 100 valence electrons. The maximum Gasteiger partial charge on any atom is 0.253 e. The molecular formula is C13H14BrN3OS. The average molecular weight is 340 g/mol. The van der Waals surface area contributed by atoms with Gasteiger partial charge in [-0.3, -0.25) is 4.79 Å². The summed E-state index contributed by atoms with van der Waals surface area (Å²) >= 11 is 5.07. The highest BCUT2D eigenvalue weighted by Crippen LogP contribution is 2.23. The minimum absolute atomic E-state index is 0.130. The van der Waals surface area contributed by atoms with Crippen molar-refractivity contribution in [3.63, 3.8) is 0 Å². The molecule has 0 aliphatic carbocycles. The first kappa shape index (κ1) is 13.9. The van der Waals surface area contributed by atoms with Crippen LogP contribution in [0.15, 0.2) is 34.1 Å². The molecule has 1 aromatic heterocycles. The molecule has 1 aromatic carbocycles. The Morgan fingerprint density at radius 2 is 2.21 bits per heavy atom. The van der Waals surface area contributed by atoms with E-state index in [2.05, 4.69) is 26.6 Å². The topological polar surface area (TPSA) is 67.2 Å². The van der Waals surface area contributed by atoms with Crippen molar-refractivity contribution in [3.05, 3.63) is 44.6 Å². The summed E-state index contributed by atoms with van der Waals surface area (Å²) in [4.78, 5) is 12.9. The molecule has 0 atom stereocenters. The van der Waals surface area contributed by atoms with Gasteiger partial charge in [0.15, 0.2) is 0 Å². The molecule has 19 heavy (non-hydrogen) atoms. The summed E-state index contributed by atoms with van der Waals surface area (Å²) in [5.74, 6) is -0.130. The summed E-state index contributed by atoms with van der Waals surface area (Å²) in [5, 5.41) is 7.89. The lowest BCUT2D eigenvalue weighted by Gasteiger charge is -2.11. The highest BCUT2D eigenvalue weighted by molar-refractivity contribution is 9.10. The average Bonchev–Trinajstić information content (AvgIpc) is 2.81. The molecule has 2 rings (SSSR count). The van der Waals surface area contributed by atoms with Gasteiger partial charge in [-0.1, -0.05) is 0 Å². The zero-order valence-corrected chi connectivity index (χ0v) is 12.8. The minimum Gasteiger partial charge on any atom is -0.399 e. The summed E-state index contributed by atoms with van der Waals surface area (Å²) in [7, 11) is 1.61. The molecule has 4 N–H and O–H groups in total. The number of rotatable bonds is 4. The van der Waals surface area contributed by atoms with Crippen LogP contribution in [0.25, 0.3) is 0 Å². The van der Waals surface area contributed by atoms with Crippen molar-refractivity contribution in [1.82, 2.24) is 5.32 Å². The summed E-state index contributed by atoms with van der Waals surface area (Å²) in [6.07, 6.45) is 0. The summed E-state index contributed by atoms with van der Waals surface area (Å²) in [6, 6.07) is 7.26. The first-order valence-electron chi connectivity index (χ1n) is 5.68. The van der Waals surface area contributed by atoms with Gasteiger partial charge in [0, 0.05) is 39.7 Å². The van der Waals surface area contributed by atoms with E-state index in [4.69, 9.17) is 5.73 Å². The molecule has 1 amide bonds. The van der Waals surface area contributed by atoms with Crippen LogP contribution >= 0.6 is 27.3 Å². The van der Waals surface area contributed by atoms with Gasteiger partial charge in [-0.05, 0) is 40.2 Å². The normalized spacial score (nSPS) is 10.2. The van der Waals surface area contributed by atoms with Crippen LogP contribution in [0.3, 0.4) is 0 Å². The van der Waals surface area contributed by atoms with Gasteiger partial charge >= 0.3 is 0 Å². The number of thiophene rings is 1. The SMILES string of the molecule is CNC(=O)c1ccc(N)cc1NCc1cc(Br)cs1. The second kappa shape index (κ2) is 6.08. The van der Waals surface area contributed by atoms with Gasteiger partial charge in [-0.15, -0.1) is 11.3 Å². The van der Waals surface area contributed by atoms with Crippen molar-refractivity contribution < 1.29 is 4.79 Å². The third kappa shape index (κ3) is 3.48. The van der Waals surface area contributed by atoms with Gasteiger partial charge < -0.3 is 16.4 Å². The van der Waals surface area contributed by atoms with Crippen molar-refractivity contribution >= 4 is 44.5 Å². The third-order valence-corrected chi connectivity index (χ3v) is 4.29. The lowest BCUT2D eigenvalue weighted by molar-refractivity contribution is 0.0964. The van der Waals surface area contributed by atoms with Gasteiger partial charge in [0.1, 0.15) is 0 Å². The summed E-state index contributed by atoms with van der Waals surface area (Å²) < 4.78 is 1.06. The fraction of sp³-hybridized carbons (Fsp3) is 0.154. The van der Waals surface area contributed by atoms with Crippen LogP contribution in [0.1, 0.15) is 15.2 Å². The molecule has 1 heterocycles. The van der Waals surface area contributed by atoms with Gasteiger partial charge in [0.2, 0.25) is 0 Å². The van der Waals surface area contributed by atoms with E-state index >= 15 is 0 Å². The number of benzene rings is 1. The van der Waals surface area contributed by atoms with Gasteiger partial charge in [0.25, 0.3) is 5.91 Å². The summed E-state index contributed by atoms with van der Waals surface area (Å²) in [6.45, 7) is 0.656.